The summed E-state index contributed by atoms with van der Waals surface area (Å²) in [5.41, 5.74) is -0.595. The molecule has 1 aliphatic heterocycles. The molecule has 0 radical (unpaired) electrons. The Morgan fingerprint density at radius 1 is 1.10 bits per heavy atom. The third kappa shape index (κ3) is 4.92. The highest BCUT2D eigenvalue weighted by atomic mass is 16.7. The van der Waals surface area contributed by atoms with Crippen LogP contribution >= 0.6 is 0 Å². The lowest BCUT2D eigenvalue weighted by Gasteiger charge is -2.43. The lowest BCUT2D eigenvalue weighted by molar-refractivity contribution is -0.207. The second kappa shape index (κ2) is 6.95. The van der Waals surface area contributed by atoms with E-state index in [-0.39, 0.29) is 5.41 Å². The molecule has 4 nitrogen and oxygen atoms in total. The van der Waals surface area contributed by atoms with Crippen molar-refractivity contribution in [3.8, 4) is 0 Å². The van der Waals surface area contributed by atoms with Crippen molar-refractivity contribution in [1.82, 2.24) is 0 Å². The number of rotatable bonds is 7. The first-order valence-electron chi connectivity index (χ1n) is 8.47. The number of aliphatic hydroxyl groups is 1. The predicted octanol–water partition coefficient (Wildman–Crippen LogP) is 3.27. The van der Waals surface area contributed by atoms with Gasteiger partial charge in [-0.3, -0.25) is 0 Å². The number of ether oxygens (including phenoxy) is 3. The zero-order valence-corrected chi connectivity index (χ0v) is 14.0. The third-order valence-corrected chi connectivity index (χ3v) is 4.70. The van der Waals surface area contributed by atoms with E-state index in [4.69, 9.17) is 14.2 Å². The van der Waals surface area contributed by atoms with Crippen LogP contribution in [0.1, 0.15) is 65.7 Å². The molecule has 0 amide bonds. The van der Waals surface area contributed by atoms with Crippen LogP contribution in [0.2, 0.25) is 0 Å². The SMILES string of the molecule is CCCCOCC(C)(C)CC1(O)CCC2(CC1)OCCO2. The number of hydrogen-bond acceptors (Lipinski definition) is 4. The van der Waals surface area contributed by atoms with E-state index in [1.807, 2.05) is 0 Å². The fourth-order valence-corrected chi connectivity index (χ4v) is 3.60. The van der Waals surface area contributed by atoms with Gasteiger partial charge in [0.1, 0.15) is 0 Å². The van der Waals surface area contributed by atoms with E-state index < -0.39 is 11.4 Å². The summed E-state index contributed by atoms with van der Waals surface area (Å²) in [5.74, 6) is -0.395. The molecule has 1 aliphatic carbocycles. The van der Waals surface area contributed by atoms with E-state index in [1.54, 1.807) is 0 Å². The molecule has 1 saturated carbocycles. The molecule has 2 rings (SSSR count). The van der Waals surface area contributed by atoms with Crippen LogP contribution in [0.3, 0.4) is 0 Å². The lowest BCUT2D eigenvalue weighted by atomic mass is 9.72. The van der Waals surface area contributed by atoms with E-state index in [1.165, 1.54) is 0 Å². The van der Waals surface area contributed by atoms with Crippen LogP contribution in [0, 0.1) is 5.41 Å². The monoisotopic (exact) mass is 300 g/mol. The first-order valence-corrected chi connectivity index (χ1v) is 8.47. The van der Waals surface area contributed by atoms with Crippen molar-refractivity contribution in [1.29, 1.82) is 0 Å². The normalized spacial score (nSPS) is 24.6. The lowest BCUT2D eigenvalue weighted by Crippen LogP contribution is -2.46. The molecule has 0 bridgehead atoms. The van der Waals surface area contributed by atoms with Crippen LogP contribution in [-0.4, -0.2) is 42.9 Å². The number of hydrogen-bond donors (Lipinski definition) is 1. The molecule has 0 atom stereocenters. The summed E-state index contributed by atoms with van der Waals surface area (Å²) in [6.07, 6.45) is 6.16. The number of unbranched alkanes of at least 4 members (excludes halogenated alkanes) is 1. The molecular formula is C17H32O4. The standard InChI is InChI=1S/C17H32O4/c1-4-5-10-19-14-15(2,3)13-16(18)6-8-17(9-7-16)20-11-12-21-17/h18H,4-14H2,1-3H3. The molecule has 21 heavy (non-hydrogen) atoms. The predicted molar refractivity (Wildman–Crippen MR) is 82.2 cm³/mol. The summed E-state index contributed by atoms with van der Waals surface area (Å²) < 4.78 is 17.2. The van der Waals surface area contributed by atoms with E-state index in [9.17, 15) is 5.11 Å². The third-order valence-electron chi connectivity index (χ3n) is 4.70. The molecule has 4 heteroatoms. The fraction of sp³-hybridized carbons (Fsp3) is 1.00. The summed E-state index contributed by atoms with van der Waals surface area (Å²) in [5, 5.41) is 10.9. The highest BCUT2D eigenvalue weighted by Crippen LogP contribution is 2.44. The largest absolute Gasteiger partial charge is 0.390 e. The van der Waals surface area contributed by atoms with Gasteiger partial charge in [-0.2, -0.15) is 0 Å². The summed E-state index contributed by atoms with van der Waals surface area (Å²) >= 11 is 0. The van der Waals surface area contributed by atoms with Gasteiger partial charge in [0.2, 0.25) is 0 Å². The van der Waals surface area contributed by atoms with Crippen molar-refractivity contribution >= 4 is 0 Å². The second-order valence-electron chi connectivity index (χ2n) is 7.58. The highest BCUT2D eigenvalue weighted by molar-refractivity contribution is 4.94. The molecule has 124 valence electrons. The van der Waals surface area contributed by atoms with Crippen LogP contribution < -0.4 is 0 Å². The van der Waals surface area contributed by atoms with Gasteiger partial charge >= 0.3 is 0 Å². The molecule has 0 aromatic carbocycles. The molecule has 0 aromatic heterocycles. The zero-order chi connectivity index (χ0) is 15.4. The van der Waals surface area contributed by atoms with E-state index in [0.29, 0.717) is 19.8 Å². The molecule has 1 N–H and O–H groups in total. The average Bonchev–Trinajstić information content (AvgIpc) is 2.87. The Kier molecular flexibility index (Phi) is 5.69. The second-order valence-corrected chi connectivity index (χ2v) is 7.58. The van der Waals surface area contributed by atoms with Gasteiger partial charge in [0, 0.05) is 19.4 Å². The van der Waals surface area contributed by atoms with E-state index in [0.717, 1.165) is 51.6 Å². The summed E-state index contributed by atoms with van der Waals surface area (Å²) in [4.78, 5) is 0. The topological polar surface area (TPSA) is 47.9 Å². The molecule has 1 saturated heterocycles. The van der Waals surface area contributed by atoms with Crippen LogP contribution in [0.25, 0.3) is 0 Å². The quantitative estimate of drug-likeness (QED) is 0.733. The summed E-state index contributed by atoms with van der Waals surface area (Å²) in [6, 6.07) is 0. The van der Waals surface area contributed by atoms with Crippen molar-refractivity contribution < 1.29 is 19.3 Å². The summed E-state index contributed by atoms with van der Waals surface area (Å²) in [6.45, 7) is 9.46. The Morgan fingerprint density at radius 2 is 1.71 bits per heavy atom. The van der Waals surface area contributed by atoms with Crippen LogP contribution in [0.15, 0.2) is 0 Å². The summed E-state index contributed by atoms with van der Waals surface area (Å²) in [7, 11) is 0. The van der Waals surface area contributed by atoms with Gasteiger partial charge in [0.25, 0.3) is 0 Å². The zero-order valence-electron chi connectivity index (χ0n) is 14.0. The van der Waals surface area contributed by atoms with Gasteiger partial charge < -0.3 is 19.3 Å². The Morgan fingerprint density at radius 3 is 2.29 bits per heavy atom. The maximum absolute atomic E-state index is 10.9. The van der Waals surface area contributed by atoms with Gasteiger partial charge in [-0.15, -0.1) is 0 Å². The average molecular weight is 300 g/mol. The molecule has 2 aliphatic rings. The van der Waals surface area contributed by atoms with Crippen molar-refractivity contribution in [2.24, 2.45) is 5.41 Å². The van der Waals surface area contributed by atoms with Crippen LogP contribution in [0.4, 0.5) is 0 Å². The first kappa shape index (κ1) is 17.2. The van der Waals surface area contributed by atoms with Crippen molar-refractivity contribution in [2.45, 2.75) is 77.1 Å². The smallest absolute Gasteiger partial charge is 0.168 e. The van der Waals surface area contributed by atoms with Gasteiger partial charge in [-0.1, -0.05) is 27.2 Å². The van der Waals surface area contributed by atoms with Gasteiger partial charge in [0.15, 0.2) is 5.79 Å². The first-order chi connectivity index (χ1) is 9.89. The molecule has 0 unspecified atom stereocenters. The Balaban J connectivity index is 1.78. The molecular weight excluding hydrogens is 268 g/mol. The van der Waals surface area contributed by atoms with Crippen molar-refractivity contribution in [3.05, 3.63) is 0 Å². The minimum atomic E-state index is -0.599. The van der Waals surface area contributed by atoms with E-state index in [2.05, 4.69) is 20.8 Å². The Hall–Kier alpha value is -0.160. The molecule has 1 heterocycles. The maximum atomic E-state index is 10.9. The van der Waals surface area contributed by atoms with Crippen LogP contribution in [-0.2, 0) is 14.2 Å². The van der Waals surface area contributed by atoms with Crippen molar-refractivity contribution in [2.75, 3.05) is 26.4 Å². The van der Waals surface area contributed by atoms with Gasteiger partial charge in [-0.25, -0.2) is 0 Å². The highest BCUT2D eigenvalue weighted by Gasteiger charge is 2.47. The van der Waals surface area contributed by atoms with Gasteiger partial charge in [-0.05, 0) is 31.1 Å². The molecule has 0 aromatic rings. The maximum Gasteiger partial charge on any atom is 0.168 e. The fourth-order valence-electron chi connectivity index (χ4n) is 3.60. The van der Waals surface area contributed by atoms with Crippen molar-refractivity contribution in [3.63, 3.8) is 0 Å². The van der Waals surface area contributed by atoms with Gasteiger partial charge in [0.05, 0.1) is 25.4 Å². The van der Waals surface area contributed by atoms with Crippen LogP contribution in [0.5, 0.6) is 0 Å². The van der Waals surface area contributed by atoms with E-state index >= 15 is 0 Å². The Labute approximate surface area is 129 Å². The molecule has 1 spiro atoms. The minimum absolute atomic E-state index is 0.00435. The Bertz CT molecular complexity index is 311. The molecule has 2 fully saturated rings. The minimum Gasteiger partial charge on any atom is -0.390 e.